The molecule has 0 bridgehead atoms. The van der Waals surface area contributed by atoms with Gasteiger partial charge in [0.2, 0.25) is 11.8 Å². The molecule has 1 unspecified atom stereocenters. The van der Waals surface area contributed by atoms with Crippen molar-refractivity contribution in [2.75, 3.05) is 25.6 Å². The molecule has 7 nitrogen and oxygen atoms in total. The minimum Gasteiger partial charge on any atom is -0.464 e. The van der Waals surface area contributed by atoms with Crippen LogP contribution < -0.4 is 10.6 Å². The van der Waals surface area contributed by atoms with Crippen LogP contribution in [0.1, 0.15) is 65.0 Å². The highest BCUT2D eigenvalue weighted by Crippen LogP contribution is 2.50. The summed E-state index contributed by atoms with van der Waals surface area (Å²) in [6.07, 6.45) is 1.52. The fourth-order valence-corrected chi connectivity index (χ4v) is 5.72. The van der Waals surface area contributed by atoms with E-state index in [0.717, 1.165) is 0 Å². The number of nitrogens with two attached hydrogens (primary N) is 1. The van der Waals surface area contributed by atoms with Crippen LogP contribution in [0.2, 0.25) is 0 Å². The van der Waals surface area contributed by atoms with Crippen LogP contribution in [-0.2, 0) is 14.3 Å². The maximum absolute atomic E-state index is 14.3. The van der Waals surface area contributed by atoms with Gasteiger partial charge < -0.3 is 20.3 Å². The molecular formula is C25H38F2N4O3. The Balaban J connectivity index is 2.18. The number of carbonyl (C=O) groups excluding carboxylic acids is 2. The summed E-state index contributed by atoms with van der Waals surface area (Å²) in [5, 5.41) is 0. The van der Waals surface area contributed by atoms with E-state index in [1.54, 1.807) is 19.2 Å². The number of carbonyl (C=O) groups is 2. The highest BCUT2D eigenvalue weighted by molar-refractivity contribution is 5.88. The fraction of sp³-hybridized carbons (Fsp3) is 0.720. The molecule has 2 N–H and O–H groups in total. The topological polar surface area (TPSA) is 88.8 Å². The van der Waals surface area contributed by atoms with Crippen LogP contribution >= 0.6 is 0 Å². The van der Waals surface area contributed by atoms with E-state index < -0.39 is 59.6 Å². The van der Waals surface area contributed by atoms with Gasteiger partial charge in [0.15, 0.2) is 0 Å². The van der Waals surface area contributed by atoms with Gasteiger partial charge in [-0.15, -0.1) is 0 Å². The number of alkyl halides is 2. The first-order chi connectivity index (χ1) is 15.8. The predicted molar refractivity (Wildman–Crippen MR) is 126 cm³/mol. The number of pyridine rings is 1. The first kappa shape index (κ1) is 26.3. The van der Waals surface area contributed by atoms with Gasteiger partial charge in [-0.3, -0.25) is 4.79 Å². The van der Waals surface area contributed by atoms with Crippen LogP contribution in [0.5, 0.6) is 0 Å². The molecule has 1 saturated carbocycles. The number of likely N-dealkylation sites (tertiary alicyclic amines) is 1. The molecule has 1 amide bonds. The molecular weight excluding hydrogens is 442 g/mol. The number of ether oxygens (including phenoxy) is 1. The molecule has 5 atom stereocenters. The van der Waals surface area contributed by atoms with Gasteiger partial charge >= 0.3 is 5.97 Å². The van der Waals surface area contributed by atoms with E-state index in [1.807, 2.05) is 45.8 Å². The van der Waals surface area contributed by atoms with Crippen LogP contribution in [0.4, 0.5) is 14.6 Å². The van der Waals surface area contributed by atoms with E-state index in [4.69, 9.17) is 10.5 Å². The smallest absolute Gasteiger partial charge is 0.329 e. The Morgan fingerprint density at radius 3 is 2.56 bits per heavy atom. The van der Waals surface area contributed by atoms with Gasteiger partial charge in [-0.05, 0) is 31.2 Å². The van der Waals surface area contributed by atoms with Crippen LogP contribution in [0.3, 0.4) is 0 Å². The number of nitrogens with zero attached hydrogens (tertiary/aromatic N) is 3. The lowest BCUT2D eigenvalue weighted by atomic mass is 9.73. The molecule has 1 saturated heterocycles. The number of esters is 1. The molecule has 1 aliphatic carbocycles. The summed E-state index contributed by atoms with van der Waals surface area (Å²) in [6.45, 7) is 7.76. The van der Waals surface area contributed by atoms with E-state index in [1.165, 1.54) is 4.90 Å². The number of hydrogen-bond acceptors (Lipinski definition) is 6. The standard InChI is InChI=1S/C25H38F2N4O3/c1-7-34-23(33)20-17(24(2,3)4)18(28)19(16-11-9-13-29-21(16)30(5)6)31(20)22(32)15-10-8-12-25(26,27)14-15/h9,11,13,15,17-20H,7-8,10,12,14,28H2,1-6H3/t15?,17-,18-,19-,20-/m0/s1. The minimum atomic E-state index is -2.90. The van der Waals surface area contributed by atoms with Gasteiger partial charge in [0.1, 0.15) is 11.9 Å². The third-order valence-electron chi connectivity index (χ3n) is 7.05. The summed E-state index contributed by atoms with van der Waals surface area (Å²) < 4.78 is 34.0. The summed E-state index contributed by atoms with van der Waals surface area (Å²) in [4.78, 5) is 35.1. The SMILES string of the molecule is CCOC(=O)[C@@H]1[C@@H](C(C)(C)C)[C@H](N)[C@H](c2cccnc2N(C)C)N1C(=O)C1CCCC(F)(F)C1. The largest absolute Gasteiger partial charge is 0.464 e. The maximum atomic E-state index is 14.3. The number of aromatic nitrogens is 1. The van der Waals surface area contributed by atoms with Gasteiger partial charge in [0.05, 0.1) is 12.6 Å². The van der Waals surface area contributed by atoms with E-state index in [0.29, 0.717) is 17.8 Å². The van der Waals surface area contributed by atoms with Crippen LogP contribution in [0.25, 0.3) is 0 Å². The quantitative estimate of drug-likeness (QED) is 0.646. The summed E-state index contributed by atoms with van der Waals surface area (Å²) >= 11 is 0. The Morgan fingerprint density at radius 1 is 1.32 bits per heavy atom. The van der Waals surface area contributed by atoms with E-state index in [2.05, 4.69) is 4.98 Å². The van der Waals surface area contributed by atoms with Gasteiger partial charge in [-0.25, -0.2) is 18.6 Å². The molecule has 1 aliphatic heterocycles. The Hall–Kier alpha value is -2.29. The molecule has 9 heteroatoms. The lowest BCUT2D eigenvalue weighted by Gasteiger charge is -2.38. The van der Waals surface area contributed by atoms with Crippen LogP contribution in [0.15, 0.2) is 18.3 Å². The van der Waals surface area contributed by atoms with E-state index in [9.17, 15) is 18.4 Å². The van der Waals surface area contributed by atoms with Crippen molar-refractivity contribution in [2.24, 2.45) is 23.0 Å². The minimum absolute atomic E-state index is 0.144. The lowest BCUT2D eigenvalue weighted by molar-refractivity contribution is -0.160. The molecule has 0 radical (unpaired) electrons. The third-order valence-corrected chi connectivity index (χ3v) is 7.05. The van der Waals surface area contributed by atoms with Crippen molar-refractivity contribution >= 4 is 17.7 Å². The first-order valence-corrected chi connectivity index (χ1v) is 12.0. The predicted octanol–water partition coefficient (Wildman–Crippen LogP) is 3.78. The highest BCUT2D eigenvalue weighted by Gasteiger charge is 2.59. The van der Waals surface area contributed by atoms with Crippen molar-refractivity contribution in [3.63, 3.8) is 0 Å². The van der Waals surface area contributed by atoms with E-state index >= 15 is 0 Å². The number of rotatable bonds is 5. The molecule has 190 valence electrons. The third kappa shape index (κ3) is 5.04. The maximum Gasteiger partial charge on any atom is 0.329 e. The molecule has 2 heterocycles. The van der Waals surface area contributed by atoms with Crippen molar-refractivity contribution in [1.82, 2.24) is 9.88 Å². The highest BCUT2D eigenvalue weighted by atomic mass is 19.3. The Labute approximate surface area is 201 Å². The second-order valence-electron chi connectivity index (χ2n) is 10.8. The number of anilines is 1. The summed E-state index contributed by atoms with van der Waals surface area (Å²) in [5.74, 6) is -4.62. The van der Waals surface area contributed by atoms with Crippen molar-refractivity contribution in [3.8, 4) is 0 Å². The Morgan fingerprint density at radius 2 is 2.00 bits per heavy atom. The summed E-state index contributed by atoms with van der Waals surface area (Å²) in [7, 11) is 3.68. The fourth-order valence-electron chi connectivity index (χ4n) is 5.72. The second kappa shape index (κ2) is 9.76. The lowest BCUT2D eigenvalue weighted by Crippen LogP contribution is -2.50. The Bertz CT molecular complexity index is 902. The van der Waals surface area contributed by atoms with Crippen molar-refractivity contribution in [1.29, 1.82) is 0 Å². The molecule has 0 spiro atoms. The van der Waals surface area contributed by atoms with E-state index in [-0.39, 0.29) is 19.4 Å². The van der Waals surface area contributed by atoms with Gasteiger partial charge in [-0.1, -0.05) is 26.8 Å². The van der Waals surface area contributed by atoms with Crippen molar-refractivity contribution < 1.29 is 23.1 Å². The summed E-state index contributed by atoms with van der Waals surface area (Å²) in [5.41, 5.74) is 7.08. The van der Waals surface area contributed by atoms with Crippen molar-refractivity contribution in [2.45, 2.75) is 77.4 Å². The number of hydrogen-bond donors (Lipinski definition) is 1. The molecule has 2 aliphatic rings. The first-order valence-electron chi connectivity index (χ1n) is 12.0. The second-order valence-corrected chi connectivity index (χ2v) is 10.8. The zero-order valence-corrected chi connectivity index (χ0v) is 21.1. The molecule has 1 aromatic rings. The Kier molecular flexibility index (Phi) is 7.55. The van der Waals surface area contributed by atoms with Gasteiger partial charge in [0.25, 0.3) is 0 Å². The molecule has 0 aromatic carbocycles. The van der Waals surface area contributed by atoms with Crippen LogP contribution in [0, 0.1) is 17.3 Å². The molecule has 2 fully saturated rings. The van der Waals surface area contributed by atoms with Crippen LogP contribution in [-0.4, -0.2) is 60.5 Å². The number of amides is 1. The average Bonchev–Trinajstić information content (AvgIpc) is 3.05. The van der Waals surface area contributed by atoms with Crippen molar-refractivity contribution in [3.05, 3.63) is 23.9 Å². The number of halogens is 2. The monoisotopic (exact) mass is 480 g/mol. The molecule has 1 aromatic heterocycles. The summed E-state index contributed by atoms with van der Waals surface area (Å²) in [6, 6.07) is 1.31. The van der Waals surface area contributed by atoms with Gasteiger partial charge in [-0.2, -0.15) is 0 Å². The average molecular weight is 481 g/mol. The zero-order valence-electron chi connectivity index (χ0n) is 21.1. The molecule has 34 heavy (non-hydrogen) atoms. The zero-order chi connectivity index (χ0) is 25.4. The molecule has 3 rings (SSSR count). The van der Waals surface area contributed by atoms with Gasteiger partial charge in [0, 0.05) is 56.6 Å². The normalized spacial score (nSPS) is 29.1.